The van der Waals surface area contributed by atoms with Gasteiger partial charge in [0, 0.05) is 18.5 Å². The zero-order valence-electron chi connectivity index (χ0n) is 12.0. The molecular weight excluding hydrogens is 302 g/mol. The standard InChI is InChI=1S/C16H16ClN3S/c1-11-10-13-14(18-16(17)19-15(13)21-11)20(2)9-8-12-6-4-3-5-7-12/h3-7,10H,8-9H2,1-2H3. The van der Waals surface area contributed by atoms with E-state index in [2.05, 4.69) is 52.1 Å². The molecule has 0 aliphatic rings. The number of likely N-dealkylation sites (N-methyl/N-ethyl adjacent to an activating group) is 1. The molecule has 108 valence electrons. The van der Waals surface area contributed by atoms with Gasteiger partial charge in [0.1, 0.15) is 10.6 Å². The summed E-state index contributed by atoms with van der Waals surface area (Å²) in [5.74, 6) is 0.908. The predicted octanol–water partition coefficient (Wildman–Crippen LogP) is 4.33. The summed E-state index contributed by atoms with van der Waals surface area (Å²) < 4.78 is 0. The highest BCUT2D eigenvalue weighted by Gasteiger charge is 2.13. The maximum Gasteiger partial charge on any atom is 0.225 e. The minimum atomic E-state index is 0.311. The summed E-state index contributed by atoms with van der Waals surface area (Å²) in [5.41, 5.74) is 1.32. The number of aromatic nitrogens is 2. The summed E-state index contributed by atoms with van der Waals surface area (Å²) in [4.78, 5) is 13.0. The Kier molecular flexibility index (Phi) is 4.08. The number of halogens is 1. The Hall–Kier alpha value is -1.65. The van der Waals surface area contributed by atoms with E-state index < -0.39 is 0 Å². The fourth-order valence-corrected chi connectivity index (χ4v) is 3.43. The molecule has 0 fully saturated rings. The molecule has 0 aliphatic heterocycles. The van der Waals surface area contributed by atoms with E-state index in [0.717, 1.165) is 29.0 Å². The summed E-state index contributed by atoms with van der Waals surface area (Å²) in [7, 11) is 2.05. The Morgan fingerprint density at radius 2 is 1.95 bits per heavy atom. The highest BCUT2D eigenvalue weighted by atomic mass is 35.5. The topological polar surface area (TPSA) is 29.0 Å². The van der Waals surface area contributed by atoms with Gasteiger partial charge in [0.05, 0.1) is 5.39 Å². The van der Waals surface area contributed by atoms with Crippen molar-refractivity contribution < 1.29 is 0 Å². The second-order valence-electron chi connectivity index (χ2n) is 5.05. The Morgan fingerprint density at radius 1 is 1.19 bits per heavy atom. The first-order chi connectivity index (χ1) is 10.1. The molecule has 5 heteroatoms. The number of hydrogen-bond donors (Lipinski definition) is 0. The van der Waals surface area contributed by atoms with Crippen LogP contribution in [-0.2, 0) is 6.42 Å². The van der Waals surface area contributed by atoms with Gasteiger partial charge in [-0.15, -0.1) is 11.3 Å². The zero-order valence-corrected chi connectivity index (χ0v) is 13.6. The molecule has 0 saturated heterocycles. The second kappa shape index (κ2) is 6.00. The van der Waals surface area contributed by atoms with Crippen LogP contribution in [0.25, 0.3) is 10.2 Å². The van der Waals surface area contributed by atoms with Crippen molar-refractivity contribution >= 4 is 39.0 Å². The van der Waals surface area contributed by atoms with Crippen LogP contribution in [-0.4, -0.2) is 23.6 Å². The number of fused-ring (bicyclic) bond motifs is 1. The van der Waals surface area contributed by atoms with Crippen molar-refractivity contribution in [3.8, 4) is 0 Å². The molecule has 1 aromatic carbocycles. The van der Waals surface area contributed by atoms with E-state index in [-0.39, 0.29) is 0 Å². The lowest BCUT2D eigenvalue weighted by Crippen LogP contribution is -2.21. The van der Waals surface area contributed by atoms with Crippen molar-refractivity contribution in [3.63, 3.8) is 0 Å². The quantitative estimate of drug-likeness (QED) is 0.671. The van der Waals surface area contributed by atoms with Gasteiger partial charge >= 0.3 is 0 Å². The molecule has 0 aliphatic carbocycles. The van der Waals surface area contributed by atoms with Crippen molar-refractivity contribution in [1.82, 2.24) is 9.97 Å². The maximum absolute atomic E-state index is 6.05. The summed E-state index contributed by atoms with van der Waals surface area (Å²) in [6.07, 6.45) is 0.976. The third-order valence-corrected chi connectivity index (χ3v) is 4.52. The molecule has 0 amide bonds. The first kappa shape index (κ1) is 14.3. The van der Waals surface area contributed by atoms with Crippen LogP contribution < -0.4 is 4.90 Å². The van der Waals surface area contributed by atoms with E-state index in [0.29, 0.717) is 5.28 Å². The van der Waals surface area contributed by atoms with Crippen LogP contribution in [0.3, 0.4) is 0 Å². The Morgan fingerprint density at radius 3 is 2.71 bits per heavy atom. The van der Waals surface area contributed by atoms with Crippen molar-refractivity contribution in [2.24, 2.45) is 0 Å². The minimum absolute atomic E-state index is 0.311. The van der Waals surface area contributed by atoms with Crippen molar-refractivity contribution in [2.45, 2.75) is 13.3 Å². The number of benzene rings is 1. The summed E-state index contributed by atoms with van der Waals surface area (Å²) in [5, 5.41) is 1.39. The Balaban J connectivity index is 1.85. The lowest BCUT2D eigenvalue weighted by Gasteiger charge is -2.19. The van der Waals surface area contributed by atoms with Crippen LogP contribution in [0.4, 0.5) is 5.82 Å². The smallest absolute Gasteiger partial charge is 0.225 e. The fourth-order valence-electron chi connectivity index (χ4n) is 2.34. The molecule has 3 nitrogen and oxygen atoms in total. The minimum Gasteiger partial charge on any atom is -0.359 e. The molecule has 0 radical (unpaired) electrons. The second-order valence-corrected chi connectivity index (χ2v) is 6.62. The molecule has 3 aromatic rings. The van der Waals surface area contributed by atoms with Gasteiger partial charge < -0.3 is 4.90 Å². The number of hydrogen-bond acceptors (Lipinski definition) is 4. The first-order valence-electron chi connectivity index (χ1n) is 6.82. The fraction of sp³-hybridized carbons (Fsp3) is 0.250. The average molecular weight is 318 g/mol. The molecule has 0 spiro atoms. The normalized spacial score (nSPS) is 11.0. The molecule has 2 aromatic heterocycles. The van der Waals surface area contributed by atoms with E-state index in [1.807, 2.05) is 13.1 Å². The van der Waals surface area contributed by atoms with E-state index in [9.17, 15) is 0 Å². The van der Waals surface area contributed by atoms with E-state index in [4.69, 9.17) is 11.6 Å². The summed E-state index contributed by atoms with van der Waals surface area (Å²) in [6, 6.07) is 12.6. The molecule has 0 bridgehead atoms. The van der Waals surface area contributed by atoms with Gasteiger partial charge in [-0.05, 0) is 36.6 Å². The predicted molar refractivity (Wildman–Crippen MR) is 90.6 cm³/mol. The molecule has 21 heavy (non-hydrogen) atoms. The van der Waals surface area contributed by atoms with Gasteiger partial charge in [-0.25, -0.2) is 4.98 Å². The number of anilines is 1. The van der Waals surface area contributed by atoms with E-state index >= 15 is 0 Å². The summed E-state index contributed by atoms with van der Waals surface area (Å²) >= 11 is 7.70. The van der Waals surface area contributed by atoms with Gasteiger partial charge in [-0.1, -0.05) is 30.3 Å². The van der Waals surface area contributed by atoms with Crippen LogP contribution in [0.5, 0.6) is 0 Å². The van der Waals surface area contributed by atoms with Crippen molar-refractivity contribution in [3.05, 3.63) is 52.1 Å². The largest absolute Gasteiger partial charge is 0.359 e. The highest BCUT2D eigenvalue weighted by molar-refractivity contribution is 7.18. The lowest BCUT2D eigenvalue weighted by molar-refractivity contribution is 0.862. The van der Waals surface area contributed by atoms with Crippen LogP contribution in [0.1, 0.15) is 10.4 Å². The molecular formula is C16H16ClN3S. The molecule has 0 saturated carbocycles. The highest BCUT2D eigenvalue weighted by Crippen LogP contribution is 2.31. The SMILES string of the molecule is Cc1cc2c(N(C)CCc3ccccc3)nc(Cl)nc2s1. The van der Waals surface area contributed by atoms with E-state index in [1.54, 1.807) is 11.3 Å². The maximum atomic E-state index is 6.05. The molecule has 0 unspecified atom stereocenters. The lowest BCUT2D eigenvalue weighted by atomic mass is 10.1. The molecule has 2 heterocycles. The zero-order chi connectivity index (χ0) is 14.8. The van der Waals surface area contributed by atoms with E-state index in [1.165, 1.54) is 10.4 Å². The molecule has 0 N–H and O–H groups in total. The van der Waals surface area contributed by atoms with Crippen molar-refractivity contribution in [1.29, 1.82) is 0 Å². The molecule has 0 atom stereocenters. The average Bonchev–Trinajstić information content (AvgIpc) is 2.85. The summed E-state index contributed by atoms with van der Waals surface area (Å²) in [6.45, 7) is 2.97. The number of thiophene rings is 1. The van der Waals surface area contributed by atoms with Gasteiger partial charge in [0.2, 0.25) is 5.28 Å². The van der Waals surface area contributed by atoms with Gasteiger partial charge in [0.25, 0.3) is 0 Å². The number of nitrogens with zero attached hydrogens (tertiary/aromatic N) is 3. The van der Waals surface area contributed by atoms with Crippen LogP contribution in [0.15, 0.2) is 36.4 Å². The Labute approximate surface area is 133 Å². The van der Waals surface area contributed by atoms with Crippen LogP contribution >= 0.6 is 22.9 Å². The monoisotopic (exact) mass is 317 g/mol. The van der Waals surface area contributed by atoms with Gasteiger partial charge in [0.15, 0.2) is 0 Å². The Bertz CT molecular complexity index is 755. The number of rotatable bonds is 4. The van der Waals surface area contributed by atoms with Gasteiger partial charge in [-0.2, -0.15) is 4.98 Å². The van der Waals surface area contributed by atoms with Crippen LogP contribution in [0, 0.1) is 6.92 Å². The molecule has 3 rings (SSSR count). The van der Waals surface area contributed by atoms with Gasteiger partial charge in [-0.3, -0.25) is 0 Å². The van der Waals surface area contributed by atoms with Crippen LogP contribution in [0.2, 0.25) is 5.28 Å². The number of aryl methyl sites for hydroxylation is 1. The first-order valence-corrected chi connectivity index (χ1v) is 8.01. The van der Waals surface area contributed by atoms with Crippen molar-refractivity contribution in [2.75, 3.05) is 18.5 Å². The third kappa shape index (κ3) is 3.17. The third-order valence-electron chi connectivity index (χ3n) is 3.41.